The minimum atomic E-state index is -0.413. The first kappa shape index (κ1) is 18.7. The van der Waals surface area contributed by atoms with E-state index in [2.05, 4.69) is 0 Å². The second-order valence-electron chi connectivity index (χ2n) is 7.96. The molecule has 0 aromatic heterocycles. The molecule has 1 unspecified atom stereocenters. The molecule has 6 nitrogen and oxygen atoms in total. The van der Waals surface area contributed by atoms with E-state index in [1.165, 1.54) is 7.11 Å². The Morgan fingerprint density at radius 1 is 0.917 bits per heavy atom. The lowest BCUT2D eigenvalue weighted by Gasteiger charge is -2.39. The fourth-order valence-corrected chi connectivity index (χ4v) is 3.60. The average Bonchev–Trinajstić information content (AvgIpc) is 2.59. The summed E-state index contributed by atoms with van der Waals surface area (Å²) in [6.45, 7) is 8.20. The van der Waals surface area contributed by atoms with Gasteiger partial charge in [-0.25, -0.2) is 0 Å². The number of carbonyl (C=O) groups excluding carboxylic acids is 3. The van der Waals surface area contributed by atoms with Crippen LogP contribution >= 0.6 is 0 Å². The third-order valence-electron chi connectivity index (χ3n) is 5.04. The molecule has 1 atom stereocenters. The molecule has 24 heavy (non-hydrogen) atoms. The van der Waals surface area contributed by atoms with Crippen molar-refractivity contribution in [3.05, 3.63) is 0 Å². The molecule has 0 bridgehead atoms. The molecule has 2 aliphatic heterocycles. The molecule has 0 radical (unpaired) electrons. The number of carbonyl (C=O) groups is 3. The van der Waals surface area contributed by atoms with Gasteiger partial charge in [0.15, 0.2) is 0 Å². The van der Waals surface area contributed by atoms with E-state index in [0.29, 0.717) is 32.5 Å². The van der Waals surface area contributed by atoms with Crippen LogP contribution in [0.25, 0.3) is 0 Å². The molecular formula is C18H30N2O4. The van der Waals surface area contributed by atoms with Crippen molar-refractivity contribution in [1.82, 2.24) is 9.80 Å². The molecule has 6 heteroatoms. The molecule has 2 amide bonds. The van der Waals surface area contributed by atoms with Crippen LogP contribution in [0, 0.1) is 17.3 Å². The average molecular weight is 338 g/mol. The summed E-state index contributed by atoms with van der Waals surface area (Å²) in [5.74, 6) is -0.139. The monoisotopic (exact) mass is 338 g/mol. The lowest BCUT2D eigenvalue weighted by Crippen LogP contribution is -2.51. The standard InChI is InChI=1S/C18H30N2O4/c1-18(2,3)17(23)20-9-5-6-14(12-20)15(21)19-10-7-13(8-11-19)16(22)24-4/h13-14H,5-12H2,1-4H3. The number of methoxy groups -OCH3 is 1. The number of nitrogens with zero attached hydrogens (tertiary/aromatic N) is 2. The lowest BCUT2D eigenvalue weighted by atomic mass is 9.90. The number of rotatable bonds is 2. The maximum atomic E-state index is 12.8. The third kappa shape index (κ3) is 4.28. The Kier molecular flexibility index (Phi) is 5.88. The predicted molar refractivity (Wildman–Crippen MR) is 90.1 cm³/mol. The SMILES string of the molecule is COC(=O)C1CCN(C(=O)C2CCCN(C(=O)C(C)(C)C)C2)CC1. The van der Waals surface area contributed by atoms with Gasteiger partial charge >= 0.3 is 5.97 Å². The van der Waals surface area contributed by atoms with Crippen molar-refractivity contribution in [3.8, 4) is 0 Å². The summed E-state index contributed by atoms with van der Waals surface area (Å²) in [5, 5.41) is 0. The Balaban J connectivity index is 1.91. The highest BCUT2D eigenvalue weighted by Gasteiger charge is 2.36. The van der Waals surface area contributed by atoms with Crippen molar-refractivity contribution in [3.63, 3.8) is 0 Å². The molecule has 0 spiro atoms. The number of piperidine rings is 2. The van der Waals surface area contributed by atoms with E-state index in [9.17, 15) is 14.4 Å². The summed E-state index contributed by atoms with van der Waals surface area (Å²) >= 11 is 0. The van der Waals surface area contributed by atoms with Crippen molar-refractivity contribution in [2.45, 2.75) is 46.5 Å². The van der Waals surface area contributed by atoms with Crippen LogP contribution in [0.2, 0.25) is 0 Å². The van der Waals surface area contributed by atoms with E-state index in [0.717, 1.165) is 19.4 Å². The van der Waals surface area contributed by atoms with E-state index < -0.39 is 5.41 Å². The molecule has 2 aliphatic rings. The van der Waals surface area contributed by atoms with Gasteiger partial charge in [0, 0.05) is 31.6 Å². The summed E-state index contributed by atoms with van der Waals surface area (Å²) in [7, 11) is 1.41. The van der Waals surface area contributed by atoms with Crippen LogP contribution < -0.4 is 0 Å². The number of ether oxygens (including phenoxy) is 1. The lowest BCUT2D eigenvalue weighted by molar-refractivity contribution is -0.151. The number of hydrogen-bond donors (Lipinski definition) is 0. The van der Waals surface area contributed by atoms with Crippen LogP contribution in [0.5, 0.6) is 0 Å². The normalized spacial score (nSPS) is 23.1. The van der Waals surface area contributed by atoms with E-state index in [1.54, 1.807) is 0 Å². The van der Waals surface area contributed by atoms with Crippen LogP contribution in [-0.2, 0) is 19.1 Å². The van der Waals surface area contributed by atoms with E-state index >= 15 is 0 Å². The van der Waals surface area contributed by atoms with Gasteiger partial charge in [-0.1, -0.05) is 20.8 Å². The molecule has 0 aliphatic carbocycles. The van der Waals surface area contributed by atoms with Crippen LogP contribution in [-0.4, -0.2) is 60.9 Å². The zero-order valence-electron chi connectivity index (χ0n) is 15.3. The number of likely N-dealkylation sites (tertiary alicyclic amines) is 2. The quantitative estimate of drug-likeness (QED) is 0.719. The molecule has 136 valence electrons. The Morgan fingerprint density at radius 2 is 1.54 bits per heavy atom. The van der Waals surface area contributed by atoms with E-state index in [-0.39, 0.29) is 29.6 Å². The van der Waals surface area contributed by atoms with Crippen molar-refractivity contribution in [2.75, 3.05) is 33.3 Å². The summed E-state index contributed by atoms with van der Waals surface area (Å²) < 4.78 is 4.79. The minimum absolute atomic E-state index is 0.0932. The Morgan fingerprint density at radius 3 is 2.08 bits per heavy atom. The van der Waals surface area contributed by atoms with Gasteiger partial charge in [0.05, 0.1) is 18.9 Å². The predicted octanol–water partition coefficient (Wildman–Crippen LogP) is 1.68. The Hall–Kier alpha value is -1.59. The van der Waals surface area contributed by atoms with Gasteiger partial charge in [-0.3, -0.25) is 14.4 Å². The van der Waals surface area contributed by atoms with E-state index in [4.69, 9.17) is 4.74 Å². The maximum Gasteiger partial charge on any atom is 0.308 e. The van der Waals surface area contributed by atoms with Gasteiger partial charge in [-0.2, -0.15) is 0 Å². The topological polar surface area (TPSA) is 66.9 Å². The van der Waals surface area contributed by atoms with Gasteiger partial charge in [0.2, 0.25) is 11.8 Å². The van der Waals surface area contributed by atoms with Gasteiger partial charge in [-0.15, -0.1) is 0 Å². The fourth-order valence-electron chi connectivity index (χ4n) is 3.60. The maximum absolute atomic E-state index is 12.8. The van der Waals surface area contributed by atoms with Crippen molar-refractivity contribution in [2.24, 2.45) is 17.3 Å². The molecule has 2 heterocycles. The van der Waals surface area contributed by atoms with Gasteiger partial charge in [-0.05, 0) is 25.7 Å². The van der Waals surface area contributed by atoms with Crippen LogP contribution in [0.1, 0.15) is 46.5 Å². The summed E-state index contributed by atoms with van der Waals surface area (Å²) in [5.41, 5.74) is -0.413. The second kappa shape index (κ2) is 7.53. The Bertz CT molecular complexity index is 490. The minimum Gasteiger partial charge on any atom is -0.469 e. The smallest absolute Gasteiger partial charge is 0.308 e. The molecule has 2 fully saturated rings. The van der Waals surface area contributed by atoms with Crippen molar-refractivity contribution in [1.29, 1.82) is 0 Å². The van der Waals surface area contributed by atoms with Gasteiger partial charge < -0.3 is 14.5 Å². The van der Waals surface area contributed by atoms with Crippen molar-refractivity contribution >= 4 is 17.8 Å². The second-order valence-corrected chi connectivity index (χ2v) is 7.96. The molecule has 2 saturated heterocycles. The fraction of sp³-hybridized carbons (Fsp3) is 0.833. The summed E-state index contributed by atoms with van der Waals surface area (Å²) in [6.07, 6.45) is 3.03. The molecule has 0 N–H and O–H groups in total. The van der Waals surface area contributed by atoms with Gasteiger partial charge in [0.25, 0.3) is 0 Å². The highest BCUT2D eigenvalue weighted by Crippen LogP contribution is 2.26. The zero-order chi connectivity index (χ0) is 17.9. The highest BCUT2D eigenvalue weighted by molar-refractivity contribution is 5.84. The third-order valence-corrected chi connectivity index (χ3v) is 5.04. The molecule has 0 saturated carbocycles. The number of amides is 2. The van der Waals surface area contributed by atoms with Gasteiger partial charge in [0.1, 0.15) is 0 Å². The molecule has 0 aromatic carbocycles. The number of esters is 1. The summed E-state index contributed by atoms with van der Waals surface area (Å²) in [4.78, 5) is 40.5. The van der Waals surface area contributed by atoms with E-state index in [1.807, 2.05) is 30.6 Å². The Labute approximate surface area is 144 Å². The summed E-state index contributed by atoms with van der Waals surface area (Å²) in [6, 6.07) is 0. The molecule has 2 rings (SSSR count). The first-order valence-electron chi connectivity index (χ1n) is 8.90. The first-order valence-corrected chi connectivity index (χ1v) is 8.90. The number of hydrogen-bond acceptors (Lipinski definition) is 4. The van der Waals surface area contributed by atoms with Crippen LogP contribution in [0.3, 0.4) is 0 Å². The molecule has 0 aromatic rings. The van der Waals surface area contributed by atoms with Crippen LogP contribution in [0.15, 0.2) is 0 Å². The first-order chi connectivity index (χ1) is 11.2. The van der Waals surface area contributed by atoms with Crippen molar-refractivity contribution < 1.29 is 19.1 Å². The zero-order valence-corrected chi connectivity index (χ0v) is 15.3. The van der Waals surface area contributed by atoms with Crippen LogP contribution in [0.4, 0.5) is 0 Å². The molecular weight excluding hydrogens is 308 g/mol. The largest absolute Gasteiger partial charge is 0.469 e. The highest BCUT2D eigenvalue weighted by atomic mass is 16.5.